The molecule has 1 fully saturated rings. The summed E-state index contributed by atoms with van der Waals surface area (Å²) in [6, 6.07) is 0. The Balaban J connectivity index is 1.83. The second kappa shape index (κ2) is 4.72. The van der Waals surface area contributed by atoms with E-state index in [-0.39, 0.29) is 17.1 Å². The van der Waals surface area contributed by atoms with Crippen LogP contribution in [0.5, 0.6) is 0 Å². The van der Waals surface area contributed by atoms with Crippen LogP contribution in [0.15, 0.2) is 11.2 Å². The number of nitrogen functional groups attached to an aromatic ring is 1. The number of anilines is 2. The zero-order valence-electron chi connectivity index (χ0n) is 12.1. The number of rotatable bonds is 1. The largest absolute Gasteiger partial charge is 0.381 e. The van der Waals surface area contributed by atoms with E-state index in [2.05, 4.69) is 21.8 Å². The van der Waals surface area contributed by atoms with Crippen LogP contribution in [-0.2, 0) is 0 Å². The Bertz CT molecular complexity index is 559. The highest BCUT2D eigenvalue weighted by Gasteiger charge is 2.40. The van der Waals surface area contributed by atoms with Crippen molar-refractivity contribution in [2.45, 2.75) is 33.1 Å². The third-order valence-corrected chi connectivity index (χ3v) is 4.95. The first-order chi connectivity index (χ1) is 9.53. The molecule has 1 aromatic heterocycles. The van der Waals surface area contributed by atoms with Gasteiger partial charge in [0.15, 0.2) is 11.6 Å². The quantitative estimate of drug-likeness (QED) is 0.857. The second-order valence-electron chi connectivity index (χ2n) is 5.97. The lowest BCUT2D eigenvalue weighted by Crippen LogP contribution is -2.43. The number of aryl methyl sites for hydroxylation is 1. The van der Waals surface area contributed by atoms with E-state index >= 15 is 0 Å². The Morgan fingerprint density at radius 1 is 1.25 bits per heavy atom. The lowest BCUT2D eigenvalue weighted by atomic mass is 9.74. The Labute approximate surface area is 118 Å². The van der Waals surface area contributed by atoms with E-state index in [4.69, 9.17) is 5.73 Å². The van der Waals surface area contributed by atoms with Crippen molar-refractivity contribution in [3.63, 3.8) is 0 Å². The molecule has 2 N–H and O–H groups in total. The van der Waals surface area contributed by atoms with E-state index in [1.54, 1.807) is 6.20 Å². The molecular weight excluding hydrogens is 255 g/mol. The Hall–Kier alpha value is -1.65. The number of nitrogens with zero attached hydrogens (tertiary/aromatic N) is 3. The summed E-state index contributed by atoms with van der Waals surface area (Å²) >= 11 is 0. The summed E-state index contributed by atoms with van der Waals surface area (Å²) in [6.45, 7) is 6.68. The average molecular weight is 276 g/mol. The Morgan fingerprint density at radius 2 is 1.95 bits per heavy atom. The number of aromatic nitrogens is 1. The minimum atomic E-state index is -0.377. The minimum absolute atomic E-state index is 0.00973. The summed E-state index contributed by atoms with van der Waals surface area (Å²) < 4.78 is 14.2. The number of halogens is 1. The van der Waals surface area contributed by atoms with Gasteiger partial charge >= 0.3 is 0 Å². The van der Waals surface area contributed by atoms with Crippen LogP contribution in [0, 0.1) is 18.2 Å². The monoisotopic (exact) mass is 276 g/mol. The van der Waals surface area contributed by atoms with E-state index in [0.29, 0.717) is 5.69 Å². The first-order valence-corrected chi connectivity index (χ1v) is 7.20. The van der Waals surface area contributed by atoms with Crippen LogP contribution >= 0.6 is 0 Å². The van der Waals surface area contributed by atoms with Gasteiger partial charge in [0.1, 0.15) is 0 Å². The molecule has 1 saturated heterocycles. The summed E-state index contributed by atoms with van der Waals surface area (Å²) in [4.78, 5) is 10.5. The van der Waals surface area contributed by atoms with Gasteiger partial charge in [0, 0.05) is 37.0 Å². The van der Waals surface area contributed by atoms with Gasteiger partial charge in [-0.05, 0) is 38.7 Å². The van der Waals surface area contributed by atoms with Gasteiger partial charge in [0.25, 0.3) is 0 Å². The highest BCUT2D eigenvalue weighted by Crippen LogP contribution is 2.42. The van der Waals surface area contributed by atoms with E-state index < -0.39 is 0 Å². The molecule has 108 valence electrons. The fourth-order valence-corrected chi connectivity index (χ4v) is 3.52. The number of aliphatic imine (C=N–C) groups is 1. The molecule has 0 atom stereocenters. The summed E-state index contributed by atoms with van der Waals surface area (Å²) in [7, 11) is 0. The van der Waals surface area contributed by atoms with Crippen LogP contribution < -0.4 is 10.6 Å². The van der Waals surface area contributed by atoms with Gasteiger partial charge in [-0.15, -0.1) is 0 Å². The van der Waals surface area contributed by atoms with E-state index in [1.807, 2.05) is 6.92 Å². The van der Waals surface area contributed by atoms with Gasteiger partial charge < -0.3 is 10.6 Å². The van der Waals surface area contributed by atoms with Crippen LogP contribution in [0.1, 0.15) is 31.7 Å². The standard InChI is InChI=1S/C15H21FN4/c1-10-9-19-14(17)12(16)13(10)20-7-4-15(5-8-20)3-6-18-11(15)2/h9H,3-8H2,1-2H3,(H2,17,19). The van der Waals surface area contributed by atoms with Crippen LogP contribution in [0.4, 0.5) is 15.9 Å². The summed E-state index contributed by atoms with van der Waals surface area (Å²) in [5.41, 5.74) is 8.62. The van der Waals surface area contributed by atoms with E-state index in [1.165, 1.54) is 5.71 Å². The maximum atomic E-state index is 14.2. The maximum absolute atomic E-state index is 14.2. The van der Waals surface area contributed by atoms with Crippen LogP contribution in [0.25, 0.3) is 0 Å². The van der Waals surface area contributed by atoms with Crippen molar-refractivity contribution in [3.05, 3.63) is 17.6 Å². The van der Waals surface area contributed by atoms with Gasteiger partial charge in [0.05, 0.1) is 5.69 Å². The van der Waals surface area contributed by atoms with E-state index in [0.717, 1.165) is 44.5 Å². The smallest absolute Gasteiger partial charge is 0.188 e. The Morgan fingerprint density at radius 3 is 2.55 bits per heavy atom. The van der Waals surface area contributed by atoms with Crippen molar-refractivity contribution in [3.8, 4) is 0 Å². The molecule has 2 aliphatic heterocycles. The number of hydrogen-bond donors (Lipinski definition) is 1. The molecular formula is C15H21FN4. The normalized spacial score (nSPS) is 21.4. The number of nitrogens with two attached hydrogens (primary N) is 1. The van der Waals surface area contributed by atoms with Gasteiger partial charge in [0.2, 0.25) is 0 Å². The number of piperidine rings is 1. The summed E-state index contributed by atoms with van der Waals surface area (Å²) in [5, 5.41) is 0. The maximum Gasteiger partial charge on any atom is 0.188 e. The van der Waals surface area contributed by atoms with E-state index in [9.17, 15) is 4.39 Å². The predicted octanol–water partition coefficient (Wildman–Crippen LogP) is 2.56. The summed E-state index contributed by atoms with van der Waals surface area (Å²) in [6.07, 6.45) is 4.89. The zero-order chi connectivity index (χ0) is 14.3. The first-order valence-electron chi connectivity index (χ1n) is 7.20. The number of hydrogen-bond acceptors (Lipinski definition) is 4. The molecule has 20 heavy (non-hydrogen) atoms. The molecule has 5 heteroatoms. The van der Waals surface area contributed by atoms with Crippen molar-refractivity contribution in [2.75, 3.05) is 30.3 Å². The van der Waals surface area contributed by atoms with Crippen LogP contribution in [0.2, 0.25) is 0 Å². The average Bonchev–Trinajstić information content (AvgIpc) is 2.78. The lowest BCUT2D eigenvalue weighted by Gasteiger charge is -2.41. The van der Waals surface area contributed by atoms with Gasteiger partial charge in [-0.2, -0.15) is 0 Å². The molecule has 0 saturated carbocycles. The molecule has 1 aromatic rings. The first kappa shape index (κ1) is 13.3. The highest BCUT2D eigenvalue weighted by molar-refractivity contribution is 5.89. The van der Waals surface area contributed by atoms with Crippen molar-refractivity contribution >= 4 is 17.2 Å². The van der Waals surface area contributed by atoms with Crippen LogP contribution in [-0.4, -0.2) is 30.3 Å². The topological polar surface area (TPSA) is 54.5 Å². The molecule has 0 radical (unpaired) electrons. The summed E-state index contributed by atoms with van der Waals surface area (Å²) in [5.74, 6) is -0.387. The molecule has 0 aliphatic carbocycles. The van der Waals surface area contributed by atoms with Crippen molar-refractivity contribution in [1.82, 2.24) is 4.98 Å². The third-order valence-electron chi connectivity index (χ3n) is 4.95. The minimum Gasteiger partial charge on any atom is -0.381 e. The van der Waals surface area contributed by atoms with Crippen molar-refractivity contribution in [2.24, 2.45) is 10.4 Å². The SMILES string of the molecule is CC1=NCCC12CCN(c1c(C)cnc(N)c1F)CC2. The molecule has 1 spiro atoms. The molecule has 0 bridgehead atoms. The highest BCUT2D eigenvalue weighted by atomic mass is 19.1. The third kappa shape index (κ3) is 1.96. The molecule has 0 amide bonds. The fourth-order valence-electron chi connectivity index (χ4n) is 3.52. The predicted molar refractivity (Wildman–Crippen MR) is 79.8 cm³/mol. The second-order valence-corrected chi connectivity index (χ2v) is 5.97. The Kier molecular flexibility index (Phi) is 3.15. The van der Waals surface area contributed by atoms with Gasteiger partial charge in [-0.25, -0.2) is 9.37 Å². The molecule has 3 heterocycles. The number of pyridine rings is 1. The fraction of sp³-hybridized carbons (Fsp3) is 0.600. The van der Waals surface area contributed by atoms with Gasteiger partial charge in [-0.3, -0.25) is 4.99 Å². The molecule has 3 rings (SSSR count). The van der Waals surface area contributed by atoms with Gasteiger partial charge in [-0.1, -0.05) is 0 Å². The molecule has 0 unspecified atom stereocenters. The molecule has 2 aliphatic rings. The molecule has 4 nitrogen and oxygen atoms in total. The van der Waals surface area contributed by atoms with Crippen LogP contribution in [0.3, 0.4) is 0 Å². The molecule has 0 aromatic carbocycles. The zero-order valence-corrected chi connectivity index (χ0v) is 12.1. The van der Waals surface area contributed by atoms with Crippen molar-refractivity contribution < 1.29 is 4.39 Å². The van der Waals surface area contributed by atoms with Crippen molar-refractivity contribution in [1.29, 1.82) is 0 Å². The lowest BCUT2D eigenvalue weighted by molar-refractivity contribution is 0.319.